The van der Waals surface area contributed by atoms with Crippen molar-refractivity contribution in [2.75, 3.05) is 11.9 Å². The summed E-state index contributed by atoms with van der Waals surface area (Å²) in [4.78, 5) is 29.5. The Labute approximate surface area is 237 Å². The Kier molecular flexibility index (Phi) is 6.94. The van der Waals surface area contributed by atoms with Crippen molar-refractivity contribution in [3.63, 3.8) is 0 Å². The molecule has 41 heavy (non-hydrogen) atoms. The first kappa shape index (κ1) is 26.9. The van der Waals surface area contributed by atoms with Crippen LogP contribution in [0.1, 0.15) is 62.1 Å². The number of nitrogens with one attached hydrogen (secondary N) is 2. The van der Waals surface area contributed by atoms with Gasteiger partial charge in [-0.15, -0.1) is 0 Å². The summed E-state index contributed by atoms with van der Waals surface area (Å²) in [5, 5.41) is 9.66. The summed E-state index contributed by atoms with van der Waals surface area (Å²) in [6, 6.07) is 14.2. The maximum atomic E-state index is 14.3. The summed E-state index contributed by atoms with van der Waals surface area (Å²) in [6.45, 7) is 3.20. The molecule has 4 aromatic rings. The van der Waals surface area contributed by atoms with Crippen molar-refractivity contribution < 1.29 is 18.4 Å². The Morgan fingerprint density at radius 1 is 1.07 bits per heavy atom. The van der Waals surface area contributed by atoms with Crippen LogP contribution in [0, 0.1) is 6.92 Å². The fraction of sp³-hybridized carbons (Fsp3) is 0.323. The first-order chi connectivity index (χ1) is 19.7. The molecule has 0 fully saturated rings. The van der Waals surface area contributed by atoms with Crippen molar-refractivity contribution >= 4 is 17.5 Å². The maximum absolute atomic E-state index is 14.3. The minimum atomic E-state index is -2.79. The molecule has 2 aromatic carbocycles. The number of aromatic nitrogens is 3. The fourth-order valence-electron chi connectivity index (χ4n) is 5.92. The highest BCUT2D eigenvalue weighted by Gasteiger charge is 2.31. The van der Waals surface area contributed by atoms with Crippen LogP contribution in [-0.4, -0.2) is 43.6 Å². The van der Waals surface area contributed by atoms with E-state index < -0.39 is 12.5 Å². The molecular weight excluding hydrogens is 526 g/mol. The summed E-state index contributed by atoms with van der Waals surface area (Å²) in [6.07, 6.45) is 3.91. The lowest BCUT2D eigenvalue weighted by molar-refractivity contribution is 0.0566. The van der Waals surface area contributed by atoms with Gasteiger partial charge in [-0.25, -0.2) is 4.68 Å². The molecule has 2 aliphatic rings. The zero-order valence-corrected chi connectivity index (χ0v) is 23.2. The topological polar surface area (TPSA) is 84.2 Å². The number of carbonyl (C=O) groups excluding carboxylic acids is 2. The third kappa shape index (κ3) is 4.93. The lowest BCUT2D eigenvalue weighted by atomic mass is 9.90. The number of halogens is 2. The molecule has 1 atom stereocenters. The Hall–Kier alpha value is -4.31. The second kappa shape index (κ2) is 10.6. The molecule has 8 nitrogen and oxygen atoms in total. The quantitative estimate of drug-likeness (QED) is 0.358. The standard InChI is InChI=1S/C31H32F2N6O2/c1-18-10-20-6-4-5-7-22(20)16-38(18)30(41)27-12-23-14-34-9-8-21(23)11-26(27)28-13-25(19(2)37(28)3)29(40)36-24-15-35-39(17-24)31(32)33/h4-7,11-13,15,17-18,31,34H,8-10,14,16H2,1-3H3,(H,36,40)/t18-/m1/s1. The second-order valence-electron chi connectivity index (χ2n) is 10.9. The number of anilines is 1. The van der Waals surface area contributed by atoms with E-state index in [-0.39, 0.29) is 17.6 Å². The average Bonchev–Trinajstić information content (AvgIpc) is 3.56. The van der Waals surface area contributed by atoms with Crippen molar-refractivity contribution in [2.24, 2.45) is 7.05 Å². The van der Waals surface area contributed by atoms with E-state index in [9.17, 15) is 18.4 Å². The lowest BCUT2D eigenvalue weighted by Gasteiger charge is -2.35. The zero-order valence-electron chi connectivity index (χ0n) is 23.2. The summed E-state index contributed by atoms with van der Waals surface area (Å²) >= 11 is 0. The Bertz CT molecular complexity index is 1660. The third-order valence-corrected chi connectivity index (χ3v) is 8.34. The number of hydrogen-bond acceptors (Lipinski definition) is 4. The smallest absolute Gasteiger partial charge is 0.333 e. The van der Waals surface area contributed by atoms with Gasteiger partial charge in [0.1, 0.15) is 0 Å². The van der Waals surface area contributed by atoms with E-state index in [0.717, 1.165) is 48.0 Å². The van der Waals surface area contributed by atoms with Crippen LogP contribution in [0.25, 0.3) is 11.3 Å². The predicted octanol–water partition coefficient (Wildman–Crippen LogP) is 5.08. The number of hydrogen-bond donors (Lipinski definition) is 2. The molecule has 2 N–H and O–H groups in total. The normalized spacial score (nSPS) is 16.4. The van der Waals surface area contributed by atoms with Gasteiger partial charge in [0.2, 0.25) is 0 Å². The van der Waals surface area contributed by atoms with Crippen LogP contribution in [0.3, 0.4) is 0 Å². The van der Waals surface area contributed by atoms with Crippen LogP contribution >= 0.6 is 0 Å². The van der Waals surface area contributed by atoms with E-state index in [4.69, 9.17) is 0 Å². The number of fused-ring (bicyclic) bond motifs is 2. The second-order valence-corrected chi connectivity index (χ2v) is 10.9. The highest BCUT2D eigenvalue weighted by molar-refractivity contribution is 6.07. The molecule has 6 rings (SSSR count). The minimum Gasteiger partial charge on any atom is -0.347 e. The molecule has 2 aliphatic heterocycles. The van der Waals surface area contributed by atoms with Gasteiger partial charge in [0.05, 0.1) is 23.6 Å². The van der Waals surface area contributed by atoms with Crippen molar-refractivity contribution in [1.29, 1.82) is 0 Å². The molecule has 0 bridgehead atoms. The molecule has 0 aliphatic carbocycles. The van der Waals surface area contributed by atoms with Crippen LogP contribution in [0.15, 0.2) is 54.9 Å². The number of amides is 2. The number of benzene rings is 2. The number of alkyl halides is 2. The molecule has 0 saturated heterocycles. The Morgan fingerprint density at radius 2 is 1.85 bits per heavy atom. The Balaban J connectivity index is 1.39. The van der Waals surface area contributed by atoms with Gasteiger partial charge in [-0.05, 0) is 73.7 Å². The van der Waals surface area contributed by atoms with Gasteiger partial charge in [-0.2, -0.15) is 13.9 Å². The summed E-state index contributed by atoms with van der Waals surface area (Å²) in [5.41, 5.74) is 8.09. The fourth-order valence-corrected chi connectivity index (χ4v) is 5.92. The largest absolute Gasteiger partial charge is 0.347 e. The highest BCUT2D eigenvalue weighted by Crippen LogP contribution is 2.34. The molecular formula is C31H32F2N6O2. The molecule has 10 heteroatoms. The molecule has 0 radical (unpaired) electrons. The summed E-state index contributed by atoms with van der Waals surface area (Å²) in [5.74, 6) is -0.478. The van der Waals surface area contributed by atoms with E-state index in [1.54, 1.807) is 6.07 Å². The van der Waals surface area contributed by atoms with Crippen LogP contribution in [-0.2, 0) is 33.0 Å². The van der Waals surface area contributed by atoms with Crippen LogP contribution in [0.4, 0.5) is 14.5 Å². The minimum absolute atomic E-state index is 0.0325. The van der Waals surface area contributed by atoms with Crippen LogP contribution < -0.4 is 10.6 Å². The molecule has 4 heterocycles. The zero-order chi connectivity index (χ0) is 28.8. The number of rotatable bonds is 5. The molecule has 0 saturated carbocycles. The van der Waals surface area contributed by atoms with E-state index in [2.05, 4.69) is 40.9 Å². The first-order valence-electron chi connectivity index (χ1n) is 13.8. The van der Waals surface area contributed by atoms with Crippen molar-refractivity contribution in [3.05, 3.63) is 93.9 Å². The maximum Gasteiger partial charge on any atom is 0.333 e. The molecule has 2 aromatic heterocycles. The van der Waals surface area contributed by atoms with Crippen molar-refractivity contribution in [3.8, 4) is 11.3 Å². The molecule has 212 valence electrons. The summed E-state index contributed by atoms with van der Waals surface area (Å²) in [7, 11) is 1.87. The van der Waals surface area contributed by atoms with Gasteiger partial charge in [-0.3, -0.25) is 9.59 Å². The van der Waals surface area contributed by atoms with E-state index >= 15 is 0 Å². The van der Waals surface area contributed by atoms with Gasteiger partial charge < -0.3 is 20.1 Å². The predicted molar refractivity (Wildman–Crippen MR) is 152 cm³/mol. The van der Waals surface area contributed by atoms with Crippen LogP contribution in [0.5, 0.6) is 0 Å². The van der Waals surface area contributed by atoms with Crippen molar-refractivity contribution in [1.82, 2.24) is 24.6 Å². The van der Waals surface area contributed by atoms with Gasteiger partial charge in [0.15, 0.2) is 0 Å². The average molecular weight is 559 g/mol. The number of nitrogens with zero attached hydrogens (tertiary/aromatic N) is 4. The molecule has 0 spiro atoms. The van der Waals surface area contributed by atoms with Crippen molar-refractivity contribution in [2.45, 2.75) is 52.4 Å². The van der Waals surface area contributed by atoms with E-state index in [1.165, 1.54) is 17.3 Å². The van der Waals surface area contributed by atoms with Gasteiger partial charge in [-0.1, -0.05) is 24.3 Å². The Morgan fingerprint density at radius 3 is 2.61 bits per heavy atom. The van der Waals surface area contributed by atoms with Crippen LogP contribution in [0.2, 0.25) is 0 Å². The monoisotopic (exact) mass is 558 g/mol. The molecule has 2 amide bonds. The lowest BCUT2D eigenvalue weighted by Crippen LogP contribution is -2.43. The first-order valence-corrected chi connectivity index (χ1v) is 13.8. The highest BCUT2D eigenvalue weighted by atomic mass is 19.3. The molecule has 0 unspecified atom stereocenters. The van der Waals surface area contributed by atoms with Gasteiger partial charge in [0.25, 0.3) is 11.8 Å². The number of carbonyl (C=O) groups is 2. The van der Waals surface area contributed by atoms with Gasteiger partial charge >= 0.3 is 6.55 Å². The third-order valence-electron chi connectivity index (χ3n) is 8.34. The SMILES string of the molecule is Cc1c(C(=O)Nc2cnn(C(F)F)c2)cc(-c2cc3c(cc2C(=O)N2Cc4ccccc4C[C@H]2C)CNCC3)n1C. The van der Waals surface area contributed by atoms with E-state index in [1.807, 2.05) is 41.6 Å². The van der Waals surface area contributed by atoms with E-state index in [0.29, 0.717) is 34.6 Å². The van der Waals surface area contributed by atoms with Gasteiger partial charge in [0, 0.05) is 48.7 Å². The summed E-state index contributed by atoms with van der Waals surface area (Å²) < 4.78 is 28.3.